The molecule has 5 nitrogen and oxygen atoms in total. The number of rotatable bonds is 2. The van der Waals surface area contributed by atoms with Gasteiger partial charge in [0, 0.05) is 23.5 Å². The largest absolute Gasteiger partial charge is 0.470 e. The van der Waals surface area contributed by atoms with E-state index in [1.807, 2.05) is 0 Å². The molecule has 3 heterocycles. The lowest BCUT2D eigenvalue weighted by Crippen LogP contribution is -2.52. The van der Waals surface area contributed by atoms with Gasteiger partial charge in [-0.3, -0.25) is 15.7 Å². The van der Waals surface area contributed by atoms with Crippen LogP contribution in [0.3, 0.4) is 0 Å². The molecule has 0 saturated heterocycles. The minimum Gasteiger partial charge on any atom is -0.470 e. The third kappa shape index (κ3) is 3.11. The predicted octanol–water partition coefficient (Wildman–Crippen LogP) is 3.83. The number of aromatic nitrogens is 2. The van der Waals surface area contributed by atoms with Gasteiger partial charge in [-0.1, -0.05) is 17.7 Å². The molecule has 2 atom stereocenters. The summed E-state index contributed by atoms with van der Waals surface area (Å²) in [5, 5.41) is -0.147. The number of nitrogens with two attached hydrogens (primary N) is 2. The number of benzene rings is 1. The monoisotopic (exact) mass is 424 g/mol. The van der Waals surface area contributed by atoms with E-state index >= 15 is 0 Å². The Balaban J connectivity index is 1.87. The van der Waals surface area contributed by atoms with E-state index < -0.39 is 29.5 Å². The van der Waals surface area contributed by atoms with Crippen molar-refractivity contribution in [1.82, 2.24) is 9.97 Å². The number of alkyl halides is 3. The van der Waals surface area contributed by atoms with Crippen molar-refractivity contribution >= 4 is 11.6 Å². The lowest BCUT2D eigenvalue weighted by molar-refractivity contribution is -0.141. The second-order valence-electron chi connectivity index (χ2n) is 6.50. The highest BCUT2D eigenvalue weighted by Gasteiger charge is 2.47. The SMILES string of the molecule is NC1Oc2c(ccnc2-c2ccnc(C(F)(F)F)c2)C1(N)c1ccc(F)c(Cl)c1. The highest BCUT2D eigenvalue weighted by Crippen LogP contribution is 2.47. The van der Waals surface area contributed by atoms with Crippen molar-refractivity contribution in [2.75, 3.05) is 0 Å². The number of pyridine rings is 2. The number of fused-ring (bicyclic) bond motifs is 1. The molecule has 0 fully saturated rings. The lowest BCUT2D eigenvalue weighted by atomic mass is 9.83. The zero-order valence-corrected chi connectivity index (χ0v) is 15.3. The predicted molar refractivity (Wildman–Crippen MR) is 97.5 cm³/mol. The van der Waals surface area contributed by atoms with Crippen molar-refractivity contribution in [1.29, 1.82) is 0 Å². The van der Waals surface area contributed by atoms with Gasteiger partial charge in [0.2, 0.25) is 0 Å². The topological polar surface area (TPSA) is 87.0 Å². The number of halogens is 5. The van der Waals surface area contributed by atoms with Gasteiger partial charge in [0.1, 0.15) is 22.7 Å². The molecule has 1 aliphatic rings. The summed E-state index contributed by atoms with van der Waals surface area (Å²) in [6, 6.07) is 7.70. The average molecular weight is 425 g/mol. The van der Waals surface area contributed by atoms with Gasteiger partial charge in [0.25, 0.3) is 0 Å². The smallest absolute Gasteiger partial charge is 0.433 e. The molecule has 29 heavy (non-hydrogen) atoms. The second-order valence-corrected chi connectivity index (χ2v) is 6.91. The van der Waals surface area contributed by atoms with E-state index in [-0.39, 0.29) is 22.0 Å². The molecule has 0 amide bonds. The Morgan fingerprint density at radius 1 is 1.07 bits per heavy atom. The first-order valence-electron chi connectivity index (χ1n) is 8.32. The van der Waals surface area contributed by atoms with Gasteiger partial charge in [0.15, 0.2) is 12.0 Å². The molecule has 2 aromatic heterocycles. The van der Waals surface area contributed by atoms with Crippen molar-refractivity contribution in [3.05, 3.63) is 76.5 Å². The fourth-order valence-corrected chi connectivity index (χ4v) is 3.46. The summed E-state index contributed by atoms with van der Waals surface area (Å²) < 4.78 is 58.4. The molecule has 1 aliphatic heterocycles. The summed E-state index contributed by atoms with van der Waals surface area (Å²) in [4.78, 5) is 7.50. The molecule has 4 rings (SSSR count). The first kappa shape index (κ1) is 19.6. The molecule has 0 saturated carbocycles. The van der Waals surface area contributed by atoms with Gasteiger partial charge >= 0.3 is 6.18 Å². The van der Waals surface area contributed by atoms with Crippen molar-refractivity contribution in [2.24, 2.45) is 11.5 Å². The molecular formula is C19H13ClF4N4O. The summed E-state index contributed by atoms with van der Waals surface area (Å²) in [5.41, 5.74) is 11.2. The summed E-state index contributed by atoms with van der Waals surface area (Å²) in [6.45, 7) is 0. The van der Waals surface area contributed by atoms with Crippen molar-refractivity contribution in [3.8, 4) is 17.0 Å². The van der Waals surface area contributed by atoms with Gasteiger partial charge < -0.3 is 10.5 Å². The maximum Gasteiger partial charge on any atom is 0.433 e. The van der Waals surface area contributed by atoms with Crippen LogP contribution in [0.4, 0.5) is 17.6 Å². The maximum absolute atomic E-state index is 13.6. The molecule has 150 valence electrons. The lowest BCUT2D eigenvalue weighted by Gasteiger charge is -2.28. The Kier molecular flexibility index (Phi) is 4.49. The Morgan fingerprint density at radius 2 is 1.79 bits per heavy atom. The Labute approximate surface area is 167 Å². The third-order valence-electron chi connectivity index (χ3n) is 4.76. The molecule has 0 bridgehead atoms. The Morgan fingerprint density at radius 3 is 2.48 bits per heavy atom. The van der Waals surface area contributed by atoms with E-state index in [9.17, 15) is 17.6 Å². The zero-order chi connectivity index (χ0) is 21.0. The Bertz CT molecular complexity index is 1110. The fourth-order valence-electron chi connectivity index (χ4n) is 3.28. The molecule has 0 radical (unpaired) electrons. The maximum atomic E-state index is 13.6. The minimum absolute atomic E-state index is 0.131. The van der Waals surface area contributed by atoms with Crippen LogP contribution in [0, 0.1) is 5.82 Å². The minimum atomic E-state index is -4.62. The third-order valence-corrected chi connectivity index (χ3v) is 5.05. The molecule has 3 aromatic rings. The van der Waals surface area contributed by atoms with Gasteiger partial charge in [-0.15, -0.1) is 0 Å². The van der Waals surface area contributed by atoms with Crippen LogP contribution < -0.4 is 16.2 Å². The van der Waals surface area contributed by atoms with E-state index in [0.717, 1.165) is 18.3 Å². The van der Waals surface area contributed by atoms with Crippen LogP contribution in [0.2, 0.25) is 5.02 Å². The van der Waals surface area contributed by atoms with Crippen LogP contribution in [0.1, 0.15) is 16.8 Å². The fraction of sp³-hybridized carbons (Fsp3) is 0.158. The standard InChI is InChI=1S/C19H13ClF4N4O/c20-12-8-10(1-2-13(12)21)18(26)11-4-6-28-15(16(11)29-17(18)25)9-3-5-27-14(7-9)19(22,23)24/h1-8,17H,25-26H2. The molecule has 10 heteroatoms. The van der Waals surface area contributed by atoms with Gasteiger partial charge in [-0.25, -0.2) is 4.39 Å². The summed E-state index contributed by atoms with van der Waals surface area (Å²) in [7, 11) is 0. The van der Waals surface area contributed by atoms with E-state index in [2.05, 4.69) is 9.97 Å². The summed E-state index contributed by atoms with van der Waals surface area (Å²) in [6.07, 6.45) is -3.31. The molecule has 0 aliphatic carbocycles. The van der Waals surface area contributed by atoms with Gasteiger partial charge in [0.05, 0.1) is 5.02 Å². The highest BCUT2D eigenvalue weighted by molar-refractivity contribution is 6.30. The first-order valence-corrected chi connectivity index (χ1v) is 8.70. The Hall–Kier alpha value is -2.75. The van der Waals surface area contributed by atoms with Crippen LogP contribution in [-0.4, -0.2) is 16.2 Å². The van der Waals surface area contributed by atoms with Crippen molar-refractivity contribution in [2.45, 2.75) is 17.9 Å². The van der Waals surface area contributed by atoms with Crippen LogP contribution >= 0.6 is 11.6 Å². The first-order chi connectivity index (χ1) is 13.6. The van der Waals surface area contributed by atoms with E-state index in [1.165, 1.54) is 24.4 Å². The number of nitrogens with zero attached hydrogens (tertiary/aromatic N) is 2. The highest BCUT2D eigenvalue weighted by atomic mass is 35.5. The number of hydrogen-bond acceptors (Lipinski definition) is 5. The molecule has 2 unspecified atom stereocenters. The molecular weight excluding hydrogens is 412 g/mol. The number of ether oxygens (including phenoxy) is 1. The summed E-state index contributed by atoms with van der Waals surface area (Å²) in [5.74, 6) is -0.485. The second kappa shape index (κ2) is 6.65. The molecule has 4 N–H and O–H groups in total. The van der Waals surface area contributed by atoms with Crippen LogP contribution in [0.15, 0.2) is 48.8 Å². The zero-order valence-electron chi connectivity index (χ0n) is 14.5. The van der Waals surface area contributed by atoms with Crippen LogP contribution in [-0.2, 0) is 11.7 Å². The van der Waals surface area contributed by atoms with Crippen LogP contribution in [0.5, 0.6) is 5.75 Å². The van der Waals surface area contributed by atoms with E-state index in [0.29, 0.717) is 11.1 Å². The average Bonchev–Trinajstić information content (AvgIpc) is 2.95. The van der Waals surface area contributed by atoms with Crippen molar-refractivity contribution < 1.29 is 22.3 Å². The molecule has 0 spiro atoms. The van der Waals surface area contributed by atoms with Gasteiger partial charge in [-0.2, -0.15) is 13.2 Å². The summed E-state index contributed by atoms with van der Waals surface area (Å²) >= 11 is 5.88. The number of hydrogen-bond donors (Lipinski definition) is 2. The normalized spacial score (nSPS) is 21.0. The van der Waals surface area contributed by atoms with Gasteiger partial charge in [-0.05, 0) is 35.9 Å². The van der Waals surface area contributed by atoms with E-state index in [1.54, 1.807) is 6.07 Å². The van der Waals surface area contributed by atoms with Crippen molar-refractivity contribution in [3.63, 3.8) is 0 Å². The van der Waals surface area contributed by atoms with E-state index in [4.69, 9.17) is 27.8 Å². The molecule has 1 aromatic carbocycles. The van der Waals surface area contributed by atoms with Crippen LogP contribution in [0.25, 0.3) is 11.3 Å². The quantitative estimate of drug-likeness (QED) is 0.610.